The third kappa shape index (κ3) is 3.30. The number of anilines is 1. The van der Waals surface area contributed by atoms with Gasteiger partial charge in [-0.25, -0.2) is 4.98 Å². The molecular weight excluding hydrogens is 248 g/mol. The van der Waals surface area contributed by atoms with E-state index in [1.165, 1.54) is 11.3 Å². The van der Waals surface area contributed by atoms with Crippen LogP contribution in [0.1, 0.15) is 24.3 Å². The number of carbonyl (C=O) groups excluding carboxylic acids is 1. The van der Waals surface area contributed by atoms with Crippen molar-refractivity contribution in [2.24, 2.45) is 0 Å². The quantitative estimate of drug-likeness (QED) is 0.920. The van der Waals surface area contributed by atoms with Crippen LogP contribution in [0, 0.1) is 0 Å². The van der Waals surface area contributed by atoms with Gasteiger partial charge in [-0.2, -0.15) is 0 Å². The number of carbonyl (C=O) groups is 1. The fourth-order valence-electron chi connectivity index (χ4n) is 1.41. The van der Waals surface area contributed by atoms with Gasteiger partial charge in [-0.3, -0.25) is 4.79 Å². The first kappa shape index (κ1) is 12.6. The number of thiazole rings is 1. The monoisotopic (exact) mass is 262 g/mol. The van der Waals surface area contributed by atoms with E-state index in [1.807, 2.05) is 38.1 Å². The predicted octanol–water partition coefficient (Wildman–Crippen LogP) is 3.18. The van der Waals surface area contributed by atoms with Crippen LogP contribution in [-0.2, 0) is 0 Å². The highest BCUT2D eigenvalue weighted by molar-refractivity contribution is 7.07. The molecule has 1 aromatic heterocycles. The maximum Gasteiger partial charge on any atom is 0.275 e. The third-order valence-corrected chi connectivity index (χ3v) is 2.74. The average Bonchev–Trinajstić information content (AvgIpc) is 2.84. The molecule has 94 valence electrons. The van der Waals surface area contributed by atoms with Crippen molar-refractivity contribution in [3.63, 3.8) is 0 Å². The molecule has 0 saturated heterocycles. The van der Waals surface area contributed by atoms with Crippen molar-refractivity contribution in [2.45, 2.75) is 20.0 Å². The van der Waals surface area contributed by atoms with Crippen LogP contribution in [0.3, 0.4) is 0 Å². The minimum Gasteiger partial charge on any atom is -0.491 e. The van der Waals surface area contributed by atoms with E-state index < -0.39 is 0 Å². The van der Waals surface area contributed by atoms with E-state index in [2.05, 4.69) is 10.3 Å². The Balaban J connectivity index is 2.00. The molecule has 0 unspecified atom stereocenters. The van der Waals surface area contributed by atoms with Crippen LogP contribution < -0.4 is 10.1 Å². The lowest BCUT2D eigenvalue weighted by molar-refractivity contribution is 0.102. The Bertz CT molecular complexity index is 506. The first-order valence-electron chi connectivity index (χ1n) is 5.61. The summed E-state index contributed by atoms with van der Waals surface area (Å²) in [4.78, 5) is 15.7. The van der Waals surface area contributed by atoms with Gasteiger partial charge in [0.2, 0.25) is 0 Å². The minimum absolute atomic E-state index is 0.139. The third-order valence-electron chi connectivity index (χ3n) is 2.15. The fraction of sp³-hybridized carbons (Fsp3) is 0.231. The molecule has 2 aromatic rings. The average molecular weight is 262 g/mol. The summed E-state index contributed by atoms with van der Waals surface area (Å²) in [6, 6.07) is 7.28. The summed E-state index contributed by atoms with van der Waals surface area (Å²) in [5.74, 6) is 0.588. The first-order valence-corrected chi connectivity index (χ1v) is 6.55. The molecule has 1 aromatic carbocycles. The molecule has 0 saturated carbocycles. The molecule has 0 spiro atoms. The Hall–Kier alpha value is -1.88. The lowest BCUT2D eigenvalue weighted by atomic mass is 10.3. The summed E-state index contributed by atoms with van der Waals surface area (Å²) >= 11 is 1.40. The van der Waals surface area contributed by atoms with Crippen molar-refractivity contribution in [3.8, 4) is 5.75 Å². The molecule has 0 aliphatic carbocycles. The second-order valence-electron chi connectivity index (χ2n) is 4.02. The number of hydrogen-bond acceptors (Lipinski definition) is 4. The van der Waals surface area contributed by atoms with E-state index in [0.717, 1.165) is 11.4 Å². The van der Waals surface area contributed by atoms with E-state index in [4.69, 9.17) is 4.74 Å². The number of rotatable bonds is 4. The Morgan fingerprint density at radius 3 is 2.61 bits per heavy atom. The number of benzene rings is 1. The summed E-state index contributed by atoms with van der Waals surface area (Å²) in [5, 5.41) is 4.49. The number of aromatic nitrogens is 1. The Morgan fingerprint density at radius 2 is 2.06 bits per heavy atom. The topological polar surface area (TPSA) is 51.2 Å². The predicted molar refractivity (Wildman–Crippen MR) is 72.3 cm³/mol. The second kappa shape index (κ2) is 5.64. The highest BCUT2D eigenvalue weighted by atomic mass is 32.1. The molecule has 0 aliphatic heterocycles. The molecule has 4 nitrogen and oxygen atoms in total. The van der Waals surface area contributed by atoms with Gasteiger partial charge >= 0.3 is 0 Å². The maximum atomic E-state index is 11.7. The van der Waals surface area contributed by atoms with Crippen molar-refractivity contribution < 1.29 is 9.53 Å². The van der Waals surface area contributed by atoms with Gasteiger partial charge < -0.3 is 10.1 Å². The summed E-state index contributed by atoms with van der Waals surface area (Å²) in [5.41, 5.74) is 2.79. The molecule has 0 aliphatic rings. The fourth-order valence-corrected chi connectivity index (χ4v) is 1.94. The van der Waals surface area contributed by atoms with E-state index in [0.29, 0.717) is 5.69 Å². The van der Waals surface area contributed by atoms with Gasteiger partial charge in [-0.05, 0) is 38.1 Å². The molecule has 18 heavy (non-hydrogen) atoms. The zero-order valence-electron chi connectivity index (χ0n) is 10.2. The Kier molecular flexibility index (Phi) is 3.94. The van der Waals surface area contributed by atoms with Crippen molar-refractivity contribution >= 4 is 22.9 Å². The highest BCUT2D eigenvalue weighted by Gasteiger charge is 2.07. The lowest BCUT2D eigenvalue weighted by Crippen LogP contribution is -2.12. The molecule has 1 heterocycles. The van der Waals surface area contributed by atoms with Crippen LogP contribution in [0.5, 0.6) is 5.75 Å². The van der Waals surface area contributed by atoms with Crippen LogP contribution in [0.2, 0.25) is 0 Å². The second-order valence-corrected chi connectivity index (χ2v) is 4.74. The van der Waals surface area contributed by atoms with Crippen molar-refractivity contribution in [1.82, 2.24) is 4.98 Å². The zero-order chi connectivity index (χ0) is 13.0. The van der Waals surface area contributed by atoms with Gasteiger partial charge in [0, 0.05) is 11.1 Å². The number of hydrogen-bond donors (Lipinski definition) is 1. The van der Waals surface area contributed by atoms with Crippen LogP contribution in [0.15, 0.2) is 35.2 Å². The molecule has 5 heteroatoms. The van der Waals surface area contributed by atoms with Gasteiger partial charge in [0.25, 0.3) is 5.91 Å². The lowest BCUT2D eigenvalue weighted by Gasteiger charge is -2.10. The molecule has 1 amide bonds. The summed E-state index contributed by atoms with van der Waals surface area (Å²) < 4.78 is 5.52. The SMILES string of the molecule is CC(C)Oc1ccc(NC(=O)c2cscn2)cc1. The Morgan fingerprint density at radius 1 is 1.33 bits per heavy atom. The number of nitrogens with zero attached hydrogens (tertiary/aromatic N) is 1. The smallest absolute Gasteiger partial charge is 0.275 e. The van der Waals surface area contributed by atoms with Gasteiger partial charge in [0.1, 0.15) is 11.4 Å². The highest BCUT2D eigenvalue weighted by Crippen LogP contribution is 2.17. The van der Waals surface area contributed by atoms with Crippen LogP contribution in [0.4, 0.5) is 5.69 Å². The number of ether oxygens (including phenoxy) is 1. The largest absolute Gasteiger partial charge is 0.491 e. The molecule has 0 fully saturated rings. The van der Waals surface area contributed by atoms with Crippen LogP contribution in [-0.4, -0.2) is 17.0 Å². The van der Waals surface area contributed by atoms with Crippen LogP contribution in [0.25, 0.3) is 0 Å². The standard InChI is InChI=1S/C13H14N2O2S/c1-9(2)17-11-5-3-10(4-6-11)15-13(16)12-7-18-8-14-12/h3-9H,1-2H3,(H,15,16). The molecule has 1 N–H and O–H groups in total. The van der Waals surface area contributed by atoms with Gasteiger partial charge in [-0.1, -0.05) is 0 Å². The molecule has 0 radical (unpaired) electrons. The first-order chi connectivity index (χ1) is 8.65. The molecule has 2 rings (SSSR count). The summed E-state index contributed by atoms with van der Waals surface area (Å²) in [6.45, 7) is 3.94. The van der Waals surface area contributed by atoms with Crippen LogP contribution >= 0.6 is 11.3 Å². The van der Waals surface area contributed by atoms with Gasteiger partial charge in [0.15, 0.2) is 0 Å². The van der Waals surface area contributed by atoms with Crippen molar-refractivity contribution in [1.29, 1.82) is 0 Å². The minimum atomic E-state index is -0.200. The molecular formula is C13H14N2O2S. The summed E-state index contributed by atoms with van der Waals surface area (Å²) in [7, 11) is 0. The maximum absolute atomic E-state index is 11.7. The van der Waals surface area contributed by atoms with E-state index in [9.17, 15) is 4.79 Å². The van der Waals surface area contributed by atoms with Gasteiger partial charge in [0.05, 0.1) is 11.6 Å². The van der Waals surface area contributed by atoms with Crippen molar-refractivity contribution in [3.05, 3.63) is 40.8 Å². The zero-order valence-corrected chi connectivity index (χ0v) is 11.0. The van der Waals surface area contributed by atoms with E-state index in [-0.39, 0.29) is 12.0 Å². The normalized spacial score (nSPS) is 10.4. The number of nitrogens with one attached hydrogen (secondary N) is 1. The Labute approximate surface area is 110 Å². The van der Waals surface area contributed by atoms with E-state index >= 15 is 0 Å². The van der Waals surface area contributed by atoms with Crippen molar-refractivity contribution in [2.75, 3.05) is 5.32 Å². The summed E-state index contributed by atoms with van der Waals surface area (Å²) in [6.07, 6.45) is 0.139. The number of amides is 1. The molecule has 0 atom stereocenters. The molecule has 0 bridgehead atoms. The van der Waals surface area contributed by atoms with Gasteiger partial charge in [-0.15, -0.1) is 11.3 Å². The van der Waals surface area contributed by atoms with E-state index in [1.54, 1.807) is 10.9 Å².